The smallest absolute Gasteiger partial charge is 0.0982 e. The molecule has 3 heteroatoms. The molecule has 162 valence electrons. The highest BCUT2D eigenvalue weighted by atomic mass is 27.1. The van der Waals surface area contributed by atoms with Crippen LogP contribution in [0.5, 0.6) is 0 Å². The van der Waals surface area contributed by atoms with E-state index in [-0.39, 0.29) is 0 Å². The van der Waals surface area contributed by atoms with Gasteiger partial charge >= 0.3 is 0 Å². The molecule has 0 radical (unpaired) electrons. The van der Waals surface area contributed by atoms with Gasteiger partial charge in [-0.2, -0.15) is 0 Å². The fourth-order valence-corrected chi connectivity index (χ4v) is 8.19. The molecule has 0 N–H and O–H groups in total. The molecule has 0 aliphatic rings. The summed E-state index contributed by atoms with van der Waals surface area (Å²) in [6.45, 7) is 20.9. The van der Waals surface area contributed by atoms with E-state index in [9.17, 15) is 0 Å². The van der Waals surface area contributed by atoms with E-state index in [2.05, 4.69) is 62.3 Å². The van der Waals surface area contributed by atoms with Crippen molar-refractivity contribution >= 4 is 48.9 Å². The molecule has 0 rings (SSSR count). The largest absolute Gasteiger partial charge is 0.212 e. The summed E-state index contributed by atoms with van der Waals surface area (Å²) in [5.74, 6) is 5.84. The van der Waals surface area contributed by atoms with Gasteiger partial charge in [0.15, 0.2) is 0 Å². The molecule has 3 atom stereocenters. The second-order valence-corrected chi connectivity index (χ2v) is 12.1. The van der Waals surface area contributed by atoms with E-state index in [0.29, 0.717) is 0 Å². The lowest BCUT2D eigenvalue weighted by atomic mass is 9.93. The van der Waals surface area contributed by atoms with E-state index in [4.69, 9.17) is 0 Å². The third-order valence-corrected chi connectivity index (χ3v) is 9.53. The van der Waals surface area contributed by atoms with Gasteiger partial charge in [-0.05, 0) is 17.8 Å². The Morgan fingerprint density at radius 1 is 0.444 bits per heavy atom. The summed E-state index contributed by atoms with van der Waals surface area (Å²) in [4.78, 5) is 0. The van der Waals surface area contributed by atoms with Gasteiger partial charge in [0.25, 0.3) is 0 Å². The maximum absolute atomic E-state index is 2.35. The minimum atomic E-state index is 0.919. The highest BCUT2D eigenvalue weighted by Gasteiger charge is 2.09. The number of hydrogen-bond donors (Lipinski definition) is 0. The minimum Gasteiger partial charge on any atom is -0.0982 e. The average molecular weight is 427 g/mol. The van der Waals surface area contributed by atoms with Crippen LogP contribution >= 0.6 is 0 Å². The van der Waals surface area contributed by atoms with Crippen molar-refractivity contribution in [2.75, 3.05) is 0 Å². The molecule has 27 heavy (non-hydrogen) atoms. The van der Waals surface area contributed by atoms with E-state index < -0.39 is 0 Å². The van der Waals surface area contributed by atoms with Crippen LogP contribution in [-0.4, -0.2) is 48.9 Å². The van der Waals surface area contributed by atoms with Gasteiger partial charge in [-0.25, -0.2) is 0 Å². The van der Waals surface area contributed by atoms with Crippen LogP contribution in [0, 0.1) is 35.5 Å². The quantitative estimate of drug-likeness (QED) is 0.320. The Morgan fingerprint density at radius 2 is 0.630 bits per heavy atom. The Kier molecular flexibility index (Phi) is 29.4. The zero-order valence-corrected chi connectivity index (χ0v) is 27.8. The van der Waals surface area contributed by atoms with Crippen molar-refractivity contribution in [3.63, 3.8) is 0 Å². The molecule has 0 saturated carbocycles. The third kappa shape index (κ3) is 22.1. The van der Waals surface area contributed by atoms with Crippen LogP contribution in [0.15, 0.2) is 0 Å². The minimum absolute atomic E-state index is 0.919. The summed E-state index contributed by atoms with van der Waals surface area (Å²) in [6, 6.07) is 0. The molecule has 0 heterocycles. The molecule has 0 aliphatic carbocycles. The maximum atomic E-state index is 2.35. The average Bonchev–Trinajstić information content (AvgIpc) is 2.62. The number of hydrogen-bond acceptors (Lipinski definition) is 0. The van der Waals surface area contributed by atoms with E-state index in [1.165, 1.54) is 103 Å². The predicted molar refractivity (Wildman–Crippen MR) is 140 cm³/mol. The van der Waals surface area contributed by atoms with Crippen LogP contribution in [0.1, 0.15) is 101 Å². The Morgan fingerprint density at radius 3 is 0.667 bits per heavy atom. The summed E-state index contributed by atoms with van der Waals surface area (Å²) >= 11 is 4.15. The van der Waals surface area contributed by atoms with Gasteiger partial charge in [0, 0.05) is 0 Å². The summed E-state index contributed by atoms with van der Waals surface area (Å²) in [7, 11) is 0. The van der Waals surface area contributed by atoms with Crippen LogP contribution in [0.4, 0.5) is 0 Å². The molecule has 0 aliphatic heterocycles. The standard InChI is InChI=1S/3C8H17.3Al.6H/c3*1-5-6-8(4)7(2)3;;;;;;;;;/h3*7-8H,4-6H2,1-3H3;;;;;;;;;. The zero-order chi connectivity index (χ0) is 21.8. The fourth-order valence-electron chi connectivity index (χ4n) is 4.14. The highest BCUT2D eigenvalue weighted by molar-refractivity contribution is 6.09. The number of rotatable bonds is 12. The van der Waals surface area contributed by atoms with Crippen molar-refractivity contribution in [2.24, 2.45) is 35.5 Å². The molecule has 0 amide bonds. The van der Waals surface area contributed by atoms with E-state index >= 15 is 0 Å². The van der Waals surface area contributed by atoms with Crippen molar-refractivity contribution in [2.45, 2.75) is 117 Å². The van der Waals surface area contributed by atoms with Crippen molar-refractivity contribution in [3.8, 4) is 0 Å². The molecular formula is C24H57Al3. The second kappa shape index (κ2) is 23.9. The fraction of sp³-hybridized carbons (Fsp3) is 1.00. The lowest BCUT2D eigenvalue weighted by Gasteiger charge is -2.17. The molecular weight excluding hydrogens is 369 g/mol. The molecule has 0 aromatic rings. The van der Waals surface area contributed by atoms with Gasteiger partial charge in [0.1, 0.15) is 0 Å². The predicted octanol–water partition coefficient (Wildman–Crippen LogP) is 6.33. The van der Waals surface area contributed by atoms with Gasteiger partial charge in [-0.3, -0.25) is 0 Å². The Hall–Kier alpha value is 1.60. The Bertz CT molecular complexity index is 222. The second-order valence-electron chi connectivity index (χ2n) is 9.60. The molecule has 0 bridgehead atoms. The van der Waals surface area contributed by atoms with Gasteiger partial charge in [0.2, 0.25) is 48.9 Å². The first-order valence-electron chi connectivity index (χ1n) is 12.7. The van der Waals surface area contributed by atoms with Crippen molar-refractivity contribution in [1.82, 2.24) is 0 Å². The topological polar surface area (TPSA) is 0 Å². The van der Waals surface area contributed by atoms with Crippen molar-refractivity contribution < 1.29 is 0 Å². The van der Waals surface area contributed by atoms with Crippen molar-refractivity contribution in [3.05, 3.63) is 0 Å². The van der Waals surface area contributed by atoms with Gasteiger partial charge < -0.3 is 0 Å². The Balaban J connectivity index is -0.000000320. The van der Waals surface area contributed by atoms with Gasteiger partial charge in [-0.1, -0.05) is 134 Å². The normalized spacial score (nSPS) is 14.2. The van der Waals surface area contributed by atoms with Gasteiger partial charge in [0.05, 0.1) is 0 Å². The molecule has 0 saturated heterocycles. The maximum Gasteiger partial charge on any atom is 0.212 e. The summed E-state index contributed by atoms with van der Waals surface area (Å²) < 4.78 is 0. The molecule has 0 nitrogen and oxygen atoms in total. The lowest BCUT2D eigenvalue weighted by molar-refractivity contribution is 0.389. The Labute approximate surface area is 200 Å². The van der Waals surface area contributed by atoms with Crippen LogP contribution in [-0.2, 0) is 0 Å². The molecule has 0 fully saturated rings. The van der Waals surface area contributed by atoms with Crippen LogP contribution in [0.3, 0.4) is 0 Å². The first-order valence-corrected chi connectivity index (χ1v) is 16.9. The summed E-state index contributed by atoms with van der Waals surface area (Å²) in [5.41, 5.74) is 0. The monoisotopic (exact) mass is 426 g/mol. The summed E-state index contributed by atoms with van der Waals surface area (Å²) in [6.07, 6.45) is 8.44. The lowest BCUT2D eigenvalue weighted by Crippen LogP contribution is -2.06. The SMILES string of the molecule is CCCC([CH2][AlH2])C(C)C.CCCC([CH2][AlH2])C(C)C.CCCC([CH2][AlH2])C(C)C. The molecule has 0 aromatic carbocycles. The first kappa shape index (κ1) is 33.2. The van der Waals surface area contributed by atoms with E-state index in [1.807, 2.05) is 0 Å². The molecule has 0 spiro atoms. The van der Waals surface area contributed by atoms with Gasteiger partial charge in [-0.15, -0.1) is 0 Å². The van der Waals surface area contributed by atoms with E-state index in [0.717, 1.165) is 35.5 Å². The van der Waals surface area contributed by atoms with Crippen LogP contribution in [0.2, 0.25) is 15.8 Å². The van der Waals surface area contributed by atoms with E-state index in [1.54, 1.807) is 0 Å². The molecule has 0 aromatic heterocycles. The van der Waals surface area contributed by atoms with Crippen molar-refractivity contribution in [1.29, 1.82) is 0 Å². The van der Waals surface area contributed by atoms with Crippen LogP contribution in [0.25, 0.3) is 0 Å². The summed E-state index contributed by atoms with van der Waals surface area (Å²) in [5, 5.41) is 4.47. The first-order chi connectivity index (χ1) is 12.7. The highest BCUT2D eigenvalue weighted by Crippen LogP contribution is 2.20. The molecule has 3 unspecified atom stereocenters. The van der Waals surface area contributed by atoms with Crippen LogP contribution < -0.4 is 0 Å². The zero-order valence-electron chi connectivity index (χ0n) is 21.8. The third-order valence-electron chi connectivity index (χ3n) is 6.38.